The fraction of sp³-hybridized carbons (Fsp3) is 0.333. The van der Waals surface area contributed by atoms with Gasteiger partial charge in [-0.1, -0.05) is 12.1 Å². The van der Waals surface area contributed by atoms with Crippen molar-refractivity contribution in [2.45, 2.75) is 23.8 Å². The van der Waals surface area contributed by atoms with E-state index in [1.165, 1.54) is 12.4 Å². The van der Waals surface area contributed by atoms with Gasteiger partial charge in [-0.15, -0.1) is 0 Å². The molecule has 23 heavy (non-hydrogen) atoms. The Labute approximate surface area is 135 Å². The third-order valence-electron chi connectivity index (χ3n) is 3.30. The maximum atomic E-state index is 11.3. The molecule has 0 bridgehead atoms. The molecular weight excluding hydrogens is 316 g/mol. The number of aliphatic hydroxyl groups excluding tert-OH is 1. The Balaban J connectivity index is 1.98. The highest BCUT2D eigenvalue weighted by Gasteiger charge is 2.08. The van der Waals surface area contributed by atoms with E-state index in [4.69, 9.17) is 10.8 Å². The summed E-state index contributed by atoms with van der Waals surface area (Å²) < 4.78 is 22.7. The van der Waals surface area contributed by atoms with Crippen LogP contribution in [0.4, 0.5) is 11.6 Å². The summed E-state index contributed by atoms with van der Waals surface area (Å²) >= 11 is 0. The minimum Gasteiger partial charge on any atom is -0.395 e. The Morgan fingerprint density at radius 1 is 1.22 bits per heavy atom. The highest BCUT2D eigenvalue weighted by molar-refractivity contribution is 7.90. The van der Waals surface area contributed by atoms with Gasteiger partial charge in [0.2, 0.25) is 5.95 Å². The molecule has 1 aromatic carbocycles. The number of nitrogens with zero attached hydrogens (tertiary/aromatic N) is 2. The van der Waals surface area contributed by atoms with Crippen LogP contribution in [0.3, 0.4) is 0 Å². The monoisotopic (exact) mass is 336 g/mol. The van der Waals surface area contributed by atoms with Gasteiger partial charge in [0.1, 0.15) is 4.90 Å². The number of anilines is 2. The van der Waals surface area contributed by atoms with E-state index in [1.54, 1.807) is 0 Å². The van der Waals surface area contributed by atoms with Crippen molar-refractivity contribution in [1.29, 1.82) is 0 Å². The summed E-state index contributed by atoms with van der Waals surface area (Å²) in [5.74, 6) is 0.326. The minimum absolute atomic E-state index is 0.0134. The molecule has 2 rings (SSSR count). The third-order valence-corrected chi connectivity index (χ3v) is 4.37. The first-order chi connectivity index (χ1) is 10.9. The van der Waals surface area contributed by atoms with Crippen molar-refractivity contribution in [2.24, 2.45) is 5.73 Å². The van der Waals surface area contributed by atoms with E-state index in [0.29, 0.717) is 5.95 Å². The second kappa shape index (κ2) is 7.49. The van der Waals surface area contributed by atoms with E-state index in [1.807, 2.05) is 24.3 Å². The molecule has 1 heterocycles. The molecular formula is C15H20N4O3S. The van der Waals surface area contributed by atoms with Gasteiger partial charge in [-0.25, -0.2) is 18.4 Å². The van der Waals surface area contributed by atoms with Gasteiger partial charge < -0.3 is 16.2 Å². The topological polar surface area (TPSA) is 118 Å². The number of sulfone groups is 1. The molecule has 0 amide bonds. The predicted molar refractivity (Wildman–Crippen MR) is 88.2 cm³/mol. The molecule has 0 fully saturated rings. The second-order valence-electron chi connectivity index (χ2n) is 5.32. The Kier molecular flexibility index (Phi) is 5.64. The Morgan fingerprint density at radius 2 is 1.83 bits per heavy atom. The van der Waals surface area contributed by atoms with E-state index in [9.17, 15) is 8.42 Å². The SMILES string of the molecule is CS(=O)(=O)c1cnc(Nc2ccc(CC[C@H](N)CO)cc2)nc1. The quantitative estimate of drug-likeness (QED) is 0.686. The van der Waals surface area contributed by atoms with Crippen LogP contribution in [0.2, 0.25) is 0 Å². The van der Waals surface area contributed by atoms with Gasteiger partial charge in [0, 0.05) is 18.0 Å². The van der Waals surface area contributed by atoms with Crippen molar-refractivity contribution >= 4 is 21.5 Å². The minimum atomic E-state index is -3.29. The molecule has 2 aromatic rings. The molecule has 4 N–H and O–H groups in total. The first-order valence-corrected chi connectivity index (χ1v) is 9.02. The standard InChI is InChI=1S/C15H20N4O3S/c1-23(21,22)14-8-17-15(18-9-14)19-13-6-3-11(4-7-13)2-5-12(16)10-20/h3-4,6-9,12,20H,2,5,10,16H2,1H3,(H,17,18,19)/t12-/m0/s1. The average Bonchev–Trinajstić information content (AvgIpc) is 2.53. The van der Waals surface area contributed by atoms with Crippen LogP contribution in [-0.2, 0) is 16.3 Å². The summed E-state index contributed by atoms with van der Waals surface area (Å²) in [5.41, 5.74) is 7.59. The smallest absolute Gasteiger partial charge is 0.227 e. The summed E-state index contributed by atoms with van der Waals surface area (Å²) in [5, 5.41) is 11.9. The van der Waals surface area contributed by atoms with Crippen LogP contribution in [0.1, 0.15) is 12.0 Å². The maximum Gasteiger partial charge on any atom is 0.227 e. The molecule has 0 saturated carbocycles. The molecule has 124 valence electrons. The number of aromatic nitrogens is 2. The number of aryl methyl sites for hydroxylation is 1. The van der Waals surface area contributed by atoms with Gasteiger partial charge >= 0.3 is 0 Å². The van der Waals surface area contributed by atoms with E-state index in [-0.39, 0.29) is 17.5 Å². The van der Waals surface area contributed by atoms with Crippen molar-refractivity contribution < 1.29 is 13.5 Å². The van der Waals surface area contributed by atoms with E-state index < -0.39 is 9.84 Å². The number of hydrogen-bond acceptors (Lipinski definition) is 7. The predicted octanol–water partition coefficient (Wildman–Crippen LogP) is 0.876. The van der Waals surface area contributed by atoms with Crippen LogP contribution in [0.15, 0.2) is 41.6 Å². The number of aliphatic hydroxyl groups is 1. The highest BCUT2D eigenvalue weighted by atomic mass is 32.2. The molecule has 0 radical (unpaired) electrons. The van der Waals surface area contributed by atoms with Gasteiger partial charge in [0.05, 0.1) is 19.0 Å². The lowest BCUT2D eigenvalue weighted by Gasteiger charge is -2.09. The first kappa shape index (κ1) is 17.3. The molecule has 0 unspecified atom stereocenters. The zero-order valence-electron chi connectivity index (χ0n) is 12.8. The molecule has 0 aliphatic rings. The molecule has 0 spiro atoms. The van der Waals surface area contributed by atoms with E-state index in [2.05, 4.69) is 15.3 Å². The summed E-state index contributed by atoms with van der Waals surface area (Å²) in [6.07, 6.45) is 5.17. The fourth-order valence-corrected chi connectivity index (χ4v) is 2.39. The van der Waals surface area contributed by atoms with E-state index in [0.717, 1.165) is 30.3 Å². The summed E-state index contributed by atoms with van der Waals surface area (Å²) in [6.45, 7) is -0.0134. The largest absolute Gasteiger partial charge is 0.395 e. The summed E-state index contributed by atoms with van der Waals surface area (Å²) in [4.78, 5) is 8.06. The van der Waals surface area contributed by atoms with Crippen molar-refractivity contribution in [3.8, 4) is 0 Å². The first-order valence-electron chi connectivity index (χ1n) is 7.13. The van der Waals surface area contributed by atoms with Crippen LogP contribution in [-0.4, -0.2) is 42.4 Å². The van der Waals surface area contributed by atoms with Crippen LogP contribution in [0.5, 0.6) is 0 Å². The van der Waals surface area contributed by atoms with E-state index >= 15 is 0 Å². The van der Waals surface area contributed by atoms with Gasteiger partial charge in [0.15, 0.2) is 9.84 Å². The number of nitrogens with one attached hydrogen (secondary N) is 1. The highest BCUT2D eigenvalue weighted by Crippen LogP contribution is 2.16. The van der Waals surface area contributed by atoms with Crippen molar-refractivity contribution in [2.75, 3.05) is 18.2 Å². The normalized spacial score (nSPS) is 12.8. The molecule has 0 saturated heterocycles. The molecule has 1 atom stereocenters. The number of rotatable bonds is 7. The number of benzene rings is 1. The zero-order chi connectivity index (χ0) is 16.9. The molecule has 8 heteroatoms. The van der Waals surface area contributed by atoms with Crippen LogP contribution in [0, 0.1) is 0 Å². The van der Waals surface area contributed by atoms with Crippen LogP contribution >= 0.6 is 0 Å². The fourth-order valence-electron chi connectivity index (χ4n) is 1.90. The van der Waals surface area contributed by atoms with Gasteiger partial charge in [-0.2, -0.15) is 0 Å². The second-order valence-corrected chi connectivity index (χ2v) is 7.33. The number of hydrogen-bond donors (Lipinski definition) is 3. The summed E-state index contributed by atoms with van der Waals surface area (Å²) in [7, 11) is -3.29. The average molecular weight is 336 g/mol. The van der Waals surface area contributed by atoms with Crippen molar-refractivity contribution in [1.82, 2.24) is 9.97 Å². The molecule has 0 aliphatic carbocycles. The van der Waals surface area contributed by atoms with Crippen molar-refractivity contribution in [3.05, 3.63) is 42.2 Å². The van der Waals surface area contributed by atoms with Gasteiger partial charge in [0.25, 0.3) is 0 Å². The maximum absolute atomic E-state index is 11.3. The lowest BCUT2D eigenvalue weighted by Crippen LogP contribution is -2.24. The lowest BCUT2D eigenvalue weighted by atomic mass is 10.1. The van der Waals surface area contributed by atoms with Crippen LogP contribution in [0.25, 0.3) is 0 Å². The van der Waals surface area contributed by atoms with Crippen molar-refractivity contribution in [3.63, 3.8) is 0 Å². The molecule has 1 aromatic heterocycles. The Morgan fingerprint density at radius 3 is 2.35 bits per heavy atom. The number of nitrogens with two attached hydrogens (primary N) is 1. The van der Waals surface area contributed by atoms with Crippen LogP contribution < -0.4 is 11.1 Å². The Hall–Kier alpha value is -2.03. The molecule has 0 aliphatic heterocycles. The zero-order valence-corrected chi connectivity index (χ0v) is 13.6. The van der Waals surface area contributed by atoms with Gasteiger partial charge in [-0.05, 0) is 30.5 Å². The lowest BCUT2D eigenvalue weighted by molar-refractivity contribution is 0.260. The molecule has 7 nitrogen and oxygen atoms in total. The third kappa shape index (κ3) is 5.27. The Bertz CT molecular complexity index is 730. The van der Waals surface area contributed by atoms with Gasteiger partial charge in [-0.3, -0.25) is 0 Å². The summed E-state index contributed by atoms with van der Waals surface area (Å²) in [6, 6.07) is 7.48.